The molecular weight excluding hydrogens is 422 g/mol. The molecule has 1 atom stereocenters. The maximum atomic E-state index is 12.2. The summed E-state index contributed by atoms with van der Waals surface area (Å²) >= 11 is 0. The normalized spacial score (nSPS) is 10.6. The lowest BCUT2D eigenvalue weighted by atomic mass is 10.1. The number of carbonyl (C=O) groups excluding carboxylic acids is 3. The summed E-state index contributed by atoms with van der Waals surface area (Å²) in [4.78, 5) is 35.4. The molecule has 7 N–H and O–H groups in total. The Labute approximate surface area is 194 Å². The zero-order valence-corrected chi connectivity index (χ0v) is 17.8. The molecule has 0 aliphatic heterocycles. The molecule has 33 heavy (non-hydrogen) atoms. The molecule has 0 bridgehead atoms. The van der Waals surface area contributed by atoms with Crippen LogP contribution in [-0.4, -0.2) is 48.6 Å². The van der Waals surface area contributed by atoms with Gasteiger partial charge in [-0.2, -0.15) is 0 Å². The zero-order valence-electron chi connectivity index (χ0n) is 17.8. The van der Waals surface area contributed by atoms with E-state index in [0.717, 1.165) is 18.5 Å². The van der Waals surface area contributed by atoms with Gasteiger partial charge in [-0.05, 0) is 61.5 Å². The Bertz CT molecular complexity index is 979. The topological polar surface area (TPSA) is 146 Å². The summed E-state index contributed by atoms with van der Waals surface area (Å²) in [6.45, 7) is 2.95. The van der Waals surface area contributed by atoms with Crippen molar-refractivity contribution in [3.8, 4) is 11.8 Å². The highest BCUT2D eigenvalue weighted by Gasteiger charge is 2.19. The first kappa shape index (κ1) is 27.3. The van der Waals surface area contributed by atoms with Gasteiger partial charge in [-0.15, -0.1) is 0 Å². The van der Waals surface area contributed by atoms with E-state index in [1.54, 1.807) is 36.4 Å². The Morgan fingerprint density at radius 1 is 1.00 bits per heavy atom. The summed E-state index contributed by atoms with van der Waals surface area (Å²) < 4.78 is 0. The monoisotopic (exact) mass is 453 g/mol. The number of nitrogens with two attached hydrogens (primary N) is 1. The van der Waals surface area contributed by atoms with E-state index in [-0.39, 0.29) is 26.4 Å². The summed E-state index contributed by atoms with van der Waals surface area (Å²) in [5.41, 5.74) is 9.38. The molecular formula is C24H31N5O4. The molecule has 9 nitrogen and oxygen atoms in total. The van der Waals surface area contributed by atoms with Gasteiger partial charge in [0.15, 0.2) is 0 Å². The van der Waals surface area contributed by atoms with Crippen LogP contribution in [0.4, 0.5) is 5.69 Å². The number of anilines is 1. The third-order valence-corrected chi connectivity index (χ3v) is 4.35. The molecule has 0 fully saturated rings. The largest absolute Gasteiger partial charge is 0.339 e. The van der Waals surface area contributed by atoms with E-state index in [4.69, 9.17) is 10.9 Å². The van der Waals surface area contributed by atoms with Gasteiger partial charge in [0.2, 0.25) is 5.91 Å². The molecule has 0 aromatic heterocycles. The minimum atomic E-state index is -1.03. The molecule has 0 aliphatic carbocycles. The number of nitrogens with one attached hydrogen (secondary N) is 4. The van der Waals surface area contributed by atoms with Crippen molar-refractivity contribution >= 4 is 23.4 Å². The molecule has 0 saturated carbocycles. The summed E-state index contributed by atoms with van der Waals surface area (Å²) in [7, 11) is 0. The first-order valence-corrected chi connectivity index (χ1v) is 10.1. The van der Waals surface area contributed by atoms with Gasteiger partial charge in [-0.1, -0.05) is 26.2 Å². The highest BCUT2D eigenvalue weighted by Crippen LogP contribution is 2.09. The molecule has 3 amide bonds. The minimum Gasteiger partial charge on any atom is -0.339 e. The molecule has 0 aliphatic rings. The van der Waals surface area contributed by atoms with Crippen molar-refractivity contribution in [1.29, 1.82) is 0 Å². The average molecular weight is 454 g/mol. The molecule has 2 aromatic rings. The van der Waals surface area contributed by atoms with Crippen molar-refractivity contribution in [2.75, 3.05) is 25.0 Å². The molecule has 176 valence electrons. The standard InChI is InChI=1S/C23H27N5O4.CH4/c1-2-13-25-15-21(29)26-19-11-7-17(8-12-19)4-3-16-5-9-18(10-6-16)22(30)27-20(14-24)23(31)28-32;/h5-12,20,25,32H,2,13-15,24H2,1H3,(H,26,29)(H,27,30)(H,28,31);1H4/t20-;/m0./s1. The third kappa shape index (κ3) is 9.13. The number of amides is 3. The maximum Gasteiger partial charge on any atom is 0.267 e. The van der Waals surface area contributed by atoms with Crippen LogP contribution < -0.4 is 27.2 Å². The lowest BCUT2D eigenvalue weighted by molar-refractivity contribution is -0.130. The highest BCUT2D eigenvalue weighted by atomic mass is 16.5. The fourth-order valence-corrected chi connectivity index (χ4v) is 2.62. The van der Waals surface area contributed by atoms with E-state index in [0.29, 0.717) is 16.8 Å². The van der Waals surface area contributed by atoms with Crippen LogP contribution in [0.25, 0.3) is 0 Å². The van der Waals surface area contributed by atoms with Gasteiger partial charge < -0.3 is 21.7 Å². The van der Waals surface area contributed by atoms with Crippen LogP contribution in [0.15, 0.2) is 48.5 Å². The summed E-state index contributed by atoms with van der Waals surface area (Å²) in [5.74, 6) is 4.64. The van der Waals surface area contributed by atoms with Gasteiger partial charge in [0.25, 0.3) is 11.8 Å². The summed E-state index contributed by atoms with van der Waals surface area (Å²) in [5, 5.41) is 17.0. The van der Waals surface area contributed by atoms with Crippen LogP contribution in [0.3, 0.4) is 0 Å². The van der Waals surface area contributed by atoms with Crippen LogP contribution in [0.2, 0.25) is 0 Å². The van der Waals surface area contributed by atoms with Crippen molar-refractivity contribution in [2.45, 2.75) is 26.8 Å². The van der Waals surface area contributed by atoms with Crippen LogP contribution in [0.1, 0.15) is 42.3 Å². The lowest BCUT2D eigenvalue weighted by Gasteiger charge is -2.14. The molecule has 0 radical (unpaired) electrons. The minimum absolute atomic E-state index is 0. The summed E-state index contributed by atoms with van der Waals surface area (Å²) in [6.07, 6.45) is 0.967. The Balaban J connectivity index is 0.00000544. The first-order valence-electron chi connectivity index (χ1n) is 10.1. The Morgan fingerprint density at radius 2 is 1.58 bits per heavy atom. The molecule has 0 saturated heterocycles. The molecule has 2 aromatic carbocycles. The van der Waals surface area contributed by atoms with Gasteiger partial charge in [-0.3, -0.25) is 19.6 Å². The maximum absolute atomic E-state index is 12.2. The Kier molecular flexibility index (Phi) is 11.9. The fourth-order valence-electron chi connectivity index (χ4n) is 2.62. The molecule has 2 rings (SSSR count). The smallest absolute Gasteiger partial charge is 0.267 e. The number of benzene rings is 2. The van der Waals surface area contributed by atoms with Gasteiger partial charge >= 0.3 is 0 Å². The SMILES string of the molecule is C.CCCNCC(=O)Nc1ccc(C#Cc2ccc(C(=O)N[C@@H](CN)C(=O)NO)cc2)cc1. The van der Waals surface area contributed by atoms with Crippen LogP contribution in [-0.2, 0) is 9.59 Å². The number of rotatable bonds is 9. The molecule has 0 heterocycles. The van der Waals surface area contributed by atoms with Gasteiger partial charge in [0.1, 0.15) is 6.04 Å². The summed E-state index contributed by atoms with van der Waals surface area (Å²) in [6, 6.07) is 12.7. The molecule has 9 heteroatoms. The predicted octanol–water partition coefficient (Wildman–Crippen LogP) is 1.22. The van der Waals surface area contributed by atoms with E-state index in [9.17, 15) is 14.4 Å². The zero-order chi connectivity index (χ0) is 23.3. The van der Waals surface area contributed by atoms with Crippen molar-refractivity contribution in [3.63, 3.8) is 0 Å². The fraction of sp³-hybridized carbons (Fsp3) is 0.292. The van der Waals surface area contributed by atoms with Gasteiger partial charge in [0, 0.05) is 28.9 Å². The Hall–Kier alpha value is -3.71. The molecule has 0 spiro atoms. The van der Waals surface area contributed by atoms with Crippen molar-refractivity contribution < 1.29 is 19.6 Å². The number of carbonyl (C=O) groups is 3. The number of hydroxylamine groups is 1. The second-order valence-corrected chi connectivity index (χ2v) is 6.87. The second kappa shape index (κ2) is 14.4. The highest BCUT2D eigenvalue weighted by molar-refractivity contribution is 5.97. The van der Waals surface area contributed by atoms with Gasteiger partial charge in [0.05, 0.1) is 6.54 Å². The van der Waals surface area contributed by atoms with E-state index in [1.165, 1.54) is 5.48 Å². The van der Waals surface area contributed by atoms with Crippen LogP contribution in [0.5, 0.6) is 0 Å². The average Bonchev–Trinajstić information content (AvgIpc) is 2.82. The van der Waals surface area contributed by atoms with Crippen molar-refractivity contribution in [3.05, 3.63) is 65.2 Å². The van der Waals surface area contributed by atoms with Gasteiger partial charge in [-0.25, -0.2) is 5.48 Å². The molecule has 0 unspecified atom stereocenters. The second-order valence-electron chi connectivity index (χ2n) is 6.87. The number of hydrogen-bond acceptors (Lipinski definition) is 6. The Morgan fingerprint density at radius 3 is 2.09 bits per heavy atom. The number of hydrogen-bond donors (Lipinski definition) is 6. The van der Waals surface area contributed by atoms with E-state index < -0.39 is 17.9 Å². The van der Waals surface area contributed by atoms with Crippen LogP contribution >= 0.6 is 0 Å². The lowest BCUT2D eigenvalue weighted by Crippen LogP contribution is -2.50. The van der Waals surface area contributed by atoms with Crippen molar-refractivity contribution in [2.24, 2.45) is 5.73 Å². The predicted molar refractivity (Wildman–Crippen MR) is 128 cm³/mol. The van der Waals surface area contributed by atoms with E-state index in [2.05, 4.69) is 27.8 Å². The quantitative estimate of drug-likeness (QED) is 0.146. The van der Waals surface area contributed by atoms with E-state index >= 15 is 0 Å². The first-order chi connectivity index (χ1) is 15.5. The van der Waals surface area contributed by atoms with Crippen molar-refractivity contribution in [1.82, 2.24) is 16.1 Å². The van der Waals surface area contributed by atoms with E-state index in [1.807, 2.05) is 19.1 Å². The third-order valence-electron chi connectivity index (χ3n) is 4.35. The van der Waals surface area contributed by atoms with Crippen LogP contribution in [0, 0.1) is 11.8 Å².